The average molecular weight is 239 g/mol. The third-order valence-corrected chi connectivity index (χ3v) is 5.28. The Hall–Kier alpha value is -0.360. The van der Waals surface area contributed by atoms with Gasteiger partial charge >= 0.3 is 0 Å². The summed E-state index contributed by atoms with van der Waals surface area (Å²) >= 11 is 6.12. The molecule has 0 saturated carbocycles. The number of hydrogen-bond donors (Lipinski definition) is 0. The van der Waals surface area contributed by atoms with E-state index >= 15 is 0 Å². The SMILES string of the molecule is ClC1CC23C=CC=CC2(C=CC=C3)PO1. The fraction of sp³-hybridized carbons (Fsp3) is 0.333. The molecular formula is C12H12ClOP. The number of rotatable bonds is 0. The number of allylic oxidation sites excluding steroid dienone is 8. The van der Waals surface area contributed by atoms with Crippen molar-refractivity contribution in [3.05, 3.63) is 48.6 Å². The van der Waals surface area contributed by atoms with Gasteiger partial charge in [0.2, 0.25) is 0 Å². The summed E-state index contributed by atoms with van der Waals surface area (Å²) in [5.74, 6) is 0. The van der Waals surface area contributed by atoms with Gasteiger partial charge in [-0.3, -0.25) is 0 Å². The molecule has 15 heavy (non-hydrogen) atoms. The van der Waals surface area contributed by atoms with Gasteiger partial charge in [-0.25, -0.2) is 0 Å². The van der Waals surface area contributed by atoms with Crippen LogP contribution >= 0.6 is 20.4 Å². The van der Waals surface area contributed by atoms with Crippen LogP contribution in [0, 0.1) is 5.41 Å². The first kappa shape index (κ1) is 9.84. The summed E-state index contributed by atoms with van der Waals surface area (Å²) in [5, 5.41) is 0.0158. The van der Waals surface area contributed by atoms with Crippen LogP contribution in [0.4, 0.5) is 0 Å². The second kappa shape index (κ2) is 3.31. The maximum Gasteiger partial charge on any atom is 0.136 e. The fourth-order valence-corrected chi connectivity index (χ4v) is 4.09. The van der Waals surface area contributed by atoms with Crippen LogP contribution in [0.3, 0.4) is 0 Å². The van der Waals surface area contributed by atoms with Crippen LogP contribution in [0.25, 0.3) is 0 Å². The van der Waals surface area contributed by atoms with Crippen molar-refractivity contribution < 1.29 is 4.52 Å². The molecule has 0 aromatic carbocycles. The Morgan fingerprint density at radius 3 is 2.33 bits per heavy atom. The summed E-state index contributed by atoms with van der Waals surface area (Å²) in [5.41, 5.74) is -0.122. The Labute approximate surface area is 96.4 Å². The lowest BCUT2D eigenvalue weighted by Crippen LogP contribution is -2.46. The summed E-state index contributed by atoms with van der Waals surface area (Å²) in [6.45, 7) is 0. The van der Waals surface area contributed by atoms with Crippen LogP contribution in [0.15, 0.2) is 48.6 Å². The Morgan fingerprint density at radius 1 is 1.07 bits per heavy atom. The standard InChI is InChI=1S/C12H12ClOP/c13-10-9-11-5-1-3-7-12(11,15-14-10)8-4-2-6-11/h1-8,10,15H,9H2. The van der Waals surface area contributed by atoms with Crippen LogP contribution < -0.4 is 0 Å². The molecule has 3 aliphatic rings. The highest BCUT2D eigenvalue weighted by molar-refractivity contribution is 7.35. The van der Waals surface area contributed by atoms with Gasteiger partial charge in [0.25, 0.3) is 0 Å². The third kappa shape index (κ3) is 1.30. The lowest BCUT2D eigenvalue weighted by Gasteiger charge is -2.50. The van der Waals surface area contributed by atoms with E-state index in [1.165, 1.54) is 0 Å². The van der Waals surface area contributed by atoms with E-state index in [0.29, 0.717) is 8.81 Å². The van der Waals surface area contributed by atoms with E-state index in [9.17, 15) is 0 Å². The molecule has 0 aromatic heterocycles. The molecular weight excluding hydrogens is 227 g/mol. The predicted octanol–water partition coefficient (Wildman–Crippen LogP) is 3.54. The second-order valence-corrected chi connectivity index (χ2v) is 5.93. The van der Waals surface area contributed by atoms with Crippen LogP contribution in [-0.2, 0) is 4.52 Å². The lowest BCUT2D eigenvalue weighted by atomic mass is 9.67. The molecule has 1 fully saturated rings. The first-order valence-corrected chi connectivity index (χ1v) is 6.42. The van der Waals surface area contributed by atoms with Gasteiger partial charge in [0.05, 0.1) is 5.16 Å². The van der Waals surface area contributed by atoms with Gasteiger partial charge in [-0.15, -0.1) is 0 Å². The van der Waals surface area contributed by atoms with Gasteiger partial charge in [0.15, 0.2) is 0 Å². The van der Waals surface area contributed by atoms with Gasteiger partial charge in [-0.2, -0.15) is 0 Å². The minimum Gasteiger partial charge on any atom is -0.342 e. The largest absolute Gasteiger partial charge is 0.342 e. The Morgan fingerprint density at radius 2 is 1.67 bits per heavy atom. The van der Waals surface area contributed by atoms with Gasteiger partial charge in [0, 0.05) is 20.6 Å². The molecule has 2 unspecified atom stereocenters. The van der Waals surface area contributed by atoms with Crippen molar-refractivity contribution in [2.24, 2.45) is 5.41 Å². The summed E-state index contributed by atoms with van der Waals surface area (Å²) in [7, 11) is 0.403. The van der Waals surface area contributed by atoms with Gasteiger partial charge in [-0.1, -0.05) is 60.2 Å². The highest BCUT2D eigenvalue weighted by atomic mass is 35.5. The first-order valence-electron chi connectivity index (χ1n) is 5.07. The molecule has 1 nitrogen and oxygen atoms in total. The number of hydrogen-bond acceptors (Lipinski definition) is 1. The summed E-state index contributed by atoms with van der Waals surface area (Å²) in [4.78, 5) is 0. The van der Waals surface area contributed by atoms with Crippen molar-refractivity contribution in [1.82, 2.24) is 0 Å². The molecule has 3 heteroatoms. The van der Waals surface area contributed by atoms with Gasteiger partial charge < -0.3 is 4.52 Å². The van der Waals surface area contributed by atoms with E-state index in [-0.39, 0.29) is 16.1 Å². The van der Waals surface area contributed by atoms with Crippen LogP contribution in [-0.4, -0.2) is 10.7 Å². The van der Waals surface area contributed by atoms with Crippen LogP contribution in [0.1, 0.15) is 6.42 Å². The van der Waals surface area contributed by atoms with E-state index < -0.39 is 0 Å². The molecule has 0 spiro atoms. The van der Waals surface area contributed by atoms with Crippen LogP contribution in [0.2, 0.25) is 0 Å². The lowest BCUT2D eigenvalue weighted by molar-refractivity contribution is 0.201. The second-order valence-electron chi connectivity index (χ2n) is 4.18. The molecule has 1 heterocycles. The molecule has 2 atom stereocenters. The van der Waals surface area contributed by atoms with Crippen molar-refractivity contribution >= 4 is 20.4 Å². The molecule has 78 valence electrons. The van der Waals surface area contributed by atoms with Crippen molar-refractivity contribution in [1.29, 1.82) is 0 Å². The molecule has 1 aliphatic heterocycles. The Kier molecular flexibility index (Phi) is 2.17. The molecule has 1 saturated heterocycles. The smallest absolute Gasteiger partial charge is 0.136 e. The Bertz CT molecular complexity index is 370. The third-order valence-electron chi connectivity index (χ3n) is 3.35. The van der Waals surface area contributed by atoms with E-state index in [1.807, 2.05) is 0 Å². The quantitative estimate of drug-likeness (QED) is 0.463. The minimum absolute atomic E-state index is 0.0158. The van der Waals surface area contributed by atoms with Gasteiger partial charge in [0.1, 0.15) is 5.56 Å². The highest BCUT2D eigenvalue weighted by Crippen LogP contribution is 2.60. The van der Waals surface area contributed by atoms with Crippen molar-refractivity contribution in [2.45, 2.75) is 17.1 Å². The molecule has 0 aromatic rings. The minimum atomic E-state index is -0.163. The zero-order chi connectivity index (χ0) is 10.4. The first-order chi connectivity index (χ1) is 7.27. The fourth-order valence-electron chi connectivity index (χ4n) is 2.50. The van der Waals surface area contributed by atoms with E-state index in [4.69, 9.17) is 16.1 Å². The number of alkyl halides is 1. The molecule has 2 aliphatic carbocycles. The highest BCUT2D eigenvalue weighted by Gasteiger charge is 2.51. The zero-order valence-corrected chi connectivity index (χ0v) is 9.95. The van der Waals surface area contributed by atoms with E-state index in [1.54, 1.807) is 0 Å². The van der Waals surface area contributed by atoms with Crippen LogP contribution in [0.5, 0.6) is 0 Å². The molecule has 3 rings (SSSR count). The maximum atomic E-state index is 6.12. The predicted molar refractivity (Wildman–Crippen MR) is 65.4 cm³/mol. The molecule has 0 N–H and O–H groups in total. The van der Waals surface area contributed by atoms with E-state index in [0.717, 1.165) is 6.42 Å². The molecule has 0 bridgehead atoms. The monoisotopic (exact) mass is 238 g/mol. The molecule has 0 amide bonds. The normalized spacial score (nSPS) is 47.9. The molecule has 0 radical (unpaired) electrons. The summed E-state index contributed by atoms with van der Waals surface area (Å²) < 4.78 is 5.63. The maximum absolute atomic E-state index is 6.12. The van der Waals surface area contributed by atoms with Gasteiger partial charge in [-0.05, 0) is 0 Å². The van der Waals surface area contributed by atoms with Crippen molar-refractivity contribution in [3.8, 4) is 0 Å². The summed E-state index contributed by atoms with van der Waals surface area (Å²) in [6, 6.07) is 0. The number of halogens is 1. The average Bonchev–Trinajstić information content (AvgIpc) is 2.27. The summed E-state index contributed by atoms with van der Waals surface area (Å²) in [6.07, 6.45) is 18.3. The Balaban J connectivity index is 2.12. The van der Waals surface area contributed by atoms with Crippen molar-refractivity contribution in [3.63, 3.8) is 0 Å². The van der Waals surface area contributed by atoms with Crippen molar-refractivity contribution in [2.75, 3.05) is 0 Å². The zero-order valence-electron chi connectivity index (χ0n) is 8.19. The topological polar surface area (TPSA) is 9.23 Å². The van der Waals surface area contributed by atoms with E-state index in [2.05, 4.69) is 48.6 Å².